The predicted octanol–water partition coefficient (Wildman–Crippen LogP) is 2.48. The smallest absolute Gasteiger partial charge is 0.462 e. The molecule has 202 valence electrons. The lowest BCUT2D eigenvalue weighted by molar-refractivity contribution is -0.172. The van der Waals surface area contributed by atoms with E-state index in [2.05, 4.69) is 14.8 Å². The number of benzene rings is 1. The van der Waals surface area contributed by atoms with Crippen LogP contribution in [0.3, 0.4) is 0 Å². The van der Waals surface area contributed by atoms with E-state index < -0.39 is 37.6 Å². The predicted molar refractivity (Wildman–Crippen MR) is 132 cm³/mol. The summed E-state index contributed by atoms with van der Waals surface area (Å²) in [6.07, 6.45) is 0.00365. The Bertz CT molecular complexity index is 1600. The van der Waals surface area contributed by atoms with Crippen LogP contribution in [0.15, 0.2) is 23.0 Å². The third-order valence-electron chi connectivity index (χ3n) is 6.58. The molecule has 38 heavy (non-hydrogen) atoms. The number of phosphoric acid groups is 1. The molecule has 0 amide bonds. The molecule has 14 heteroatoms. The first-order chi connectivity index (χ1) is 17.8. The van der Waals surface area contributed by atoms with Gasteiger partial charge in [-0.15, -0.1) is 0 Å². The molecular weight excluding hydrogens is 524 g/mol. The summed E-state index contributed by atoms with van der Waals surface area (Å²) in [5.41, 5.74) is -0.232. The number of carbonyl (C=O) groups is 1. The number of aromatic nitrogens is 2. The molecule has 0 spiro atoms. The summed E-state index contributed by atoms with van der Waals surface area (Å²) in [5, 5.41) is 14.5. The molecular formula is C24H25FN3O9P. The number of phosphoric ester groups is 1. The summed E-state index contributed by atoms with van der Waals surface area (Å²) < 4.78 is 42.3. The van der Waals surface area contributed by atoms with Crippen molar-refractivity contribution in [1.82, 2.24) is 9.55 Å². The molecule has 0 aliphatic carbocycles. The van der Waals surface area contributed by atoms with Crippen LogP contribution in [0.4, 0.5) is 10.1 Å². The van der Waals surface area contributed by atoms with Crippen molar-refractivity contribution in [2.75, 3.05) is 12.1 Å². The third-order valence-corrected chi connectivity index (χ3v) is 7.02. The molecule has 12 nitrogen and oxygen atoms in total. The van der Waals surface area contributed by atoms with Crippen LogP contribution >= 0.6 is 7.82 Å². The summed E-state index contributed by atoms with van der Waals surface area (Å²) in [5.74, 6) is -2.00. The van der Waals surface area contributed by atoms with Gasteiger partial charge in [-0.3, -0.25) is 4.79 Å². The van der Waals surface area contributed by atoms with Gasteiger partial charge in [-0.1, -0.05) is 6.92 Å². The molecule has 0 radical (unpaired) electrons. The summed E-state index contributed by atoms with van der Waals surface area (Å²) >= 11 is 0. The summed E-state index contributed by atoms with van der Waals surface area (Å²) in [7, 11) is -4.84. The Balaban J connectivity index is 1.67. The molecule has 3 aromatic rings. The van der Waals surface area contributed by atoms with Gasteiger partial charge in [0.05, 0.1) is 34.7 Å². The zero-order chi connectivity index (χ0) is 27.6. The molecule has 2 aliphatic heterocycles. The molecule has 1 aromatic carbocycles. The van der Waals surface area contributed by atoms with Crippen LogP contribution in [0.2, 0.25) is 0 Å². The van der Waals surface area contributed by atoms with Crippen molar-refractivity contribution in [2.24, 2.45) is 0 Å². The number of nitrogens with one attached hydrogen (secondary N) is 1. The second-order valence-corrected chi connectivity index (χ2v) is 10.6. The quantitative estimate of drug-likeness (QED) is 0.152. The number of fused-ring (bicyclic) bond motifs is 5. The number of pyridine rings is 2. The zero-order valence-corrected chi connectivity index (χ0v) is 21.5. The molecule has 2 aromatic heterocycles. The summed E-state index contributed by atoms with van der Waals surface area (Å²) in [4.78, 5) is 48.2. The van der Waals surface area contributed by atoms with Gasteiger partial charge >= 0.3 is 13.8 Å². The number of anilines is 1. The first-order valence-corrected chi connectivity index (χ1v) is 13.3. The maximum Gasteiger partial charge on any atom is 0.472 e. The van der Waals surface area contributed by atoms with Gasteiger partial charge in [-0.05, 0) is 32.4 Å². The van der Waals surface area contributed by atoms with Gasteiger partial charge in [0.15, 0.2) is 17.2 Å². The van der Waals surface area contributed by atoms with Crippen LogP contribution in [-0.2, 0) is 37.4 Å². The van der Waals surface area contributed by atoms with Gasteiger partial charge < -0.3 is 34.3 Å². The van der Waals surface area contributed by atoms with Gasteiger partial charge in [0.2, 0.25) is 6.79 Å². The Morgan fingerprint density at radius 2 is 2.03 bits per heavy atom. The Morgan fingerprint density at radius 1 is 1.29 bits per heavy atom. The van der Waals surface area contributed by atoms with Crippen LogP contribution in [0.25, 0.3) is 22.3 Å². The SMILES string of the molecule is CC[C@@]1(O)C(=O)OCc2c1cc1n(c2=O)Cc2cc3c(NC(C)C)c(OCOP(=O)(O)O)c(F)cc3nc2-1. The molecule has 5 rings (SSSR count). The lowest BCUT2D eigenvalue weighted by Gasteiger charge is -2.31. The number of carbonyl (C=O) groups excluding carboxylic acids is 1. The Kier molecular flexibility index (Phi) is 6.32. The van der Waals surface area contributed by atoms with Crippen LogP contribution in [0.1, 0.15) is 43.9 Å². The fourth-order valence-corrected chi connectivity index (χ4v) is 4.99. The number of esters is 1. The lowest BCUT2D eigenvalue weighted by atomic mass is 9.86. The first kappa shape index (κ1) is 26.3. The van der Waals surface area contributed by atoms with E-state index in [1.54, 1.807) is 19.1 Å². The van der Waals surface area contributed by atoms with Crippen molar-refractivity contribution in [1.29, 1.82) is 0 Å². The fourth-order valence-electron chi connectivity index (χ4n) is 4.80. The highest BCUT2D eigenvalue weighted by atomic mass is 31.2. The minimum absolute atomic E-state index is 0.00365. The van der Waals surface area contributed by atoms with Crippen LogP contribution in [-0.4, -0.2) is 43.2 Å². The van der Waals surface area contributed by atoms with E-state index in [0.29, 0.717) is 22.3 Å². The molecule has 4 N–H and O–H groups in total. The van der Waals surface area contributed by atoms with E-state index in [-0.39, 0.29) is 53.7 Å². The van der Waals surface area contributed by atoms with Gasteiger partial charge in [0, 0.05) is 28.6 Å². The highest BCUT2D eigenvalue weighted by Crippen LogP contribution is 2.43. The van der Waals surface area contributed by atoms with Crippen LogP contribution in [0.5, 0.6) is 5.75 Å². The number of hydrogen-bond donors (Lipinski definition) is 4. The topological polar surface area (TPSA) is 169 Å². The second-order valence-electron chi connectivity index (χ2n) is 9.41. The lowest BCUT2D eigenvalue weighted by Crippen LogP contribution is -2.44. The second kappa shape index (κ2) is 9.14. The third kappa shape index (κ3) is 4.26. The average molecular weight is 549 g/mol. The Morgan fingerprint density at radius 3 is 2.68 bits per heavy atom. The maximum atomic E-state index is 15.2. The molecule has 0 saturated heterocycles. The number of cyclic esters (lactones) is 1. The normalized spacial score (nSPS) is 18.3. The largest absolute Gasteiger partial charge is 0.472 e. The van der Waals surface area contributed by atoms with Gasteiger partial charge in [-0.25, -0.2) is 23.3 Å². The standard InChI is InChI=1S/C24H25FN3O9P/c1-4-24(31)15-6-18-19-12(8-28(18)22(29)14(15)9-35-23(24)30)5-13-17(27-19)7-16(25)21(20(13)26-11(2)3)36-10-37-38(32,33)34/h5-7,11,26,31H,4,8-10H2,1-3H3,(H2,32,33,34)/t24-/m0/s1. The molecule has 2 aliphatic rings. The summed E-state index contributed by atoms with van der Waals surface area (Å²) in [6, 6.07) is 4.20. The number of nitrogens with zero attached hydrogens (tertiary/aromatic N) is 2. The molecule has 4 heterocycles. The highest BCUT2D eigenvalue weighted by Gasteiger charge is 2.45. The molecule has 0 fully saturated rings. The summed E-state index contributed by atoms with van der Waals surface area (Å²) in [6.45, 7) is 4.21. The zero-order valence-electron chi connectivity index (χ0n) is 20.6. The van der Waals surface area contributed by atoms with Crippen molar-refractivity contribution < 1.29 is 42.6 Å². The van der Waals surface area contributed by atoms with E-state index in [9.17, 15) is 19.3 Å². The monoisotopic (exact) mass is 549 g/mol. The Hall–Kier alpha value is -3.35. The van der Waals surface area contributed by atoms with Crippen LogP contribution in [0, 0.1) is 5.82 Å². The van der Waals surface area contributed by atoms with Crippen molar-refractivity contribution in [3.63, 3.8) is 0 Å². The van der Waals surface area contributed by atoms with E-state index in [4.69, 9.17) is 19.3 Å². The van der Waals surface area contributed by atoms with E-state index in [1.165, 1.54) is 4.57 Å². The molecule has 0 saturated carbocycles. The van der Waals surface area contributed by atoms with Gasteiger partial charge in [0.1, 0.15) is 6.61 Å². The minimum Gasteiger partial charge on any atom is -0.462 e. The van der Waals surface area contributed by atoms with Crippen molar-refractivity contribution in [3.05, 3.63) is 51.1 Å². The number of halogens is 1. The minimum atomic E-state index is -4.84. The Labute approximate surface area is 215 Å². The number of ether oxygens (including phenoxy) is 2. The molecule has 0 bridgehead atoms. The highest BCUT2D eigenvalue weighted by molar-refractivity contribution is 7.46. The first-order valence-electron chi connectivity index (χ1n) is 11.8. The molecule has 0 unspecified atom stereocenters. The molecule has 1 atom stereocenters. The fraction of sp³-hybridized carbons (Fsp3) is 0.375. The van der Waals surface area contributed by atoms with Crippen molar-refractivity contribution in [3.8, 4) is 17.1 Å². The maximum absolute atomic E-state index is 15.2. The van der Waals surface area contributed by atoms with E-state index in [0.717, 1.165) is 6.07 Å². The van der Waals surface area contributed by atoms with Crippen molar-refractivity contribution >= 4 is 30.4 Å². The number of hydrogen-bond acceptors (Lipinski definition) is 9. The van der Waals surface area contributed by atoms with Crippen molar-refractivity contribution in [2.45, 2.75) is 52.0 Å². The van der Waals surface area contributed by atoms with E-state index >= 15 is 4.39 Å². The number of rotatable bonds is 7. The van der Waals surface area contributed by atoms with Gasteiger partial charge in [0.25, 0.3) is 5.56 Å². The van der Waals surface area contributed by atoms with Crippen LogP contribution < -0.4 is 15.6 Å². The van der Waals surface area contributed by atoms with E-state index in [1.807, 2.05) is 13.8 Å². The average Bonchev–Trinajstić information content (AvgIpc) is 3.19. The number of aliphatic hydroxyl groups is 1. The van der Waals surface area contributed by atoms with Gasteiger partial charge in [-0.2, -0.15) is 0 Å².